The van der Waals surface area contributed by atoms with E-state index in [9.17, 15) is 4.79 Å². The van der Waals surface area contributed by atoms with E-state index >= 15 is 0 Å². The number of rotatable bonds is 8. The summed E-state index contributed by atoms with van der Waals surface area (Å²) < 4.78 is 0. The monoisotopic (exact) mass is 324 g/mol. The average molecular weight is 325 g/mol. The van der Waals surface area contributed by atoms with E-state index in [0.717, 1.165) is 23.4 Å². The van der Waals surface area contributed by atoms with Crippen molar-refractivity contribution in [2.75, 3.05) is 11.6 Å². The third kappa shape index (κ3) is 4.45. The molecule has 1 rings (SSSR count). The molecule has 1 aromatic carbocycles. The molecule has 0 aliphatic carbocycles. The number of benzene rings is 1. The Bertz CT molecular complexity index is 497. The first-order chi connectivity index (χ1) is 10.00. The molecule has 0 fully saturated rings. The molecule has 5 heteroatoms. The Morgan fingerprint density at radius 2 is 1.95 bits per heavy atom. The smallest absolute Gasteiger partial charge is 0.237 e. The normalized spacial score (nSPS) is 11.2. The highest BCUT2D eigenvalue weighted by atomic mass is 32.2. The van der Waals surface area contributed by atoms with Crippen LogP contribution in [-0.4, -0.2) is 17.2 Å². The highest BCUT2D eigenvalue weighted by Gasteiger charge is 2.39. The molecule has 1 amide bonds. The lowest BCUT2D eigenvalue weighted by Gasteiger charge is -2.31. The van der Waals surface area contributed by atoms with Gasteiger partial charge in [-0.1, -0.05) is 45.0 Å². The van der Waals surface area contributed by atoms with Crippen molar-refractivity contribution in [2.45, 2.75) is 44.4 Å². The van der Waals surface area contributed by atoms with Gasteiger partial charge in [-0.3, -0.25) is 4.79 Å². The Morgan fingerprint density at radius 3 is 2.43 bits per heavy atom. The zero-order valence-electron chi connectivity index (χ0n) is 12.9. The van der Waals surface area contributed by atoms with Crippen molar-refractivity contribution < 1.29 is 4.79 Å². The highest BCUT2D eigenvalue weighted by Crippen LogP contribution is 2.32. The van der Waals surface area contributed by atoms with Gasteiger partial charge in [-0.2, -0.15) is 0 Å². The molecule has 21 heavy (non-hydrogen) atoms. The zero-order chi connectivity index (χ0) is 15.9. The van der Waals surface area contributed by atoms with Gasteiger partial charge in [-0.15, -0.1) is 11.8 Å². The predicted molar refractivity (Wildman–Crippen MR) is 95.9 cm³/mol. The number of carbonyl (C=O) groups excluding carboxylic acids is 1. The van der Waals surface area contributed by atoms with Gasteiger partial charge in [0.1, 0.15) is 0 Å². The van der Waals surface area contributed by atoms with E-state index in [4.69, 9.17) is 18.0 Å². The molecule has 0 unspecified atom stereocenters. The Morgan fingerprint density at radius 1 is 1.33 bits per heavy atom. The van der Waals surface area contributed by atoms with E-state index in [-0.39, 0.29) is 5.91 Å². The maximum Gasteiger partial charge on any atom is 0.237 e. The second-order valence-electron chi connectivity index (χ2n) is 5.13. The van der Waals surface area contributed by atoms with Crippen LogP contribution in [0.25, 0.3) is 0 Å². The number of nitrogens with two attached hydrogens (primary N) is 1. The summed E-state index contributed by atoms with van der Waals surface area (Å²) in [6, 6.07) is 7.80. The van der Waals surface area contributed by atoms with Crippen LogP contribution in [0.1, 0.15) is 39.5 Å². The molecular weight excluding hydrogens is 300 g/mol. The maximum atomic E-state index is 12.8. The number of carbonyl (C=O) groups is 1. The van der Waals surface area contributed by atoms with E-state index in [0.29, 0.717) is 17.8 Å². The van der Waals surface area contributed by atoms with Gasteiger partial charge in [0.05, 0.1) is 10.4 Å². The molecule has 1 aromatic rings. The van der Waals surface area contributed by atoms with Crippen LogP contribution in [0, 0.1) is 5.41 Å². The van der Waals surface area contributed by atoms with Crippen LogP contribution in [0.2, 0.25) is 0 Å². The Labute approximate surface area is 137 Å². The number of thioether (sulfide) groups is 1. The lowest BCUT2D eigenvalue weighted by atomic mass is 9.78. The third-order valence-corrected chi connectivity index (χ3v) is 4.70. The molecular formula is C16H24N2OS2. The quantitative estimate of drug-likeness (QED) is 0.555. The number of nitrogens with one attached hydrogen (secondary N) is 1. The number of anilines is 1. The zero-order valence-corrected chi connectivity index (χ0v) is 14.6. The van der Waals surface area contributed by atoms with E-state index in [1.807, 2.05) is 44.4 Å². The van der Waals surface area contributed by atoms with Crippen molar-refractivity contribution in [3.63, 3.8) is 0 Å². The molecule has 3 N–H and O–H groups in total. The van der Waals surface area contributed by atoms with Crippen molar-refractivity contribution in [3.8, 4) is 0 Å². The average Bonchev–Trinajstić information content (AvgIpc) is 2.46. The van der Waals surface area contributed by atoms with Crippen LogP contribution in [0.4, 0.5) is 5.69 Å². The van der Waals surface area contributed by atoms with Gasteiger partial charge < -0.3 is 11.1 Å². The summed E-state index contributed by atoms with van der Waals surface area (Å²) in [4.78, 5) is 14.2. The number of amides is 1. The lowest BCUT2D eigenvalue weighted by molar-refractivity contribution is -0.122. The van der Waals surface area contributed by atoms with E-state index in [1.165, 1.54) is 0 Å². The lowest BCUT2D eigenvalue weighted by Crippen LogP contribution is -2.46. The minimum Gasteiger partial charge on any atom is -0.392 e. The van der Waals surface area contributed by atoms with Crippen LogP contribution in [0.5, 0.6) is 0 Å². The Hall–Kier alpha value is -1.07. The molecule has 0 radical (unpaired) electrons. The van der Waals surface area contributed by atoms with Crippen LogP contribution >= 0.6 is 24.0 Å². The molecule has 0 saturated heterocycles. The molecule has 0 aliphatic rings. The summed E-state index contributed by atoms with van der Waals surface area (Å²) in [6.45, 7) is 4.09. The molecule has 0 saturated carbocycles. The van der Waals surface area contributed by atoms with Crippen molar-refractivity contribution in [3.05, 3.63) is 24.3 Å². The topological polar surface area (TPSA) is 55.1 Å². The van der Waals surface area contributed by atoms with Gasteiger partial charge >= 0.3 is 0 Å². The van der Waals surface area contributed by atoms with Gasteiger partial charge in [0.25, 0.3) is 0 Å². The Balaban J connectivity index is 3.02. The van der Waals surface area contributed by atoms with E-state index < -0.39 is 5.41 Å². The highest BCUT2D eigenvalue weighted by molar-refractivity contribution is 7.98. The van der Waals surface area contributed by atoms with E-state index in [1.54, 1.807) is 11.8 Å². The largest absolute Gasteiger partial charge is 0.392 e. The summed E-state index contributed by atoms with van der Waals surface area (Å²) in [6.07, 6.45) is 5.12. The molecule has 0 heterocycles. The summed E-state index contributed by atoms with van der Waals surface area (Å²) >= 11 is 6.86. The van der Waals surface area contributed by atoms with Crippen molar-refractivity contribution >= 4 is 40.6 Å². The summed E-state index contributed by atoms with van der Waals surface area (Å²) in [5, 5.41) is 2.99. The van der Waals surface area contributed by atoms with Gasteiger partial charge in [0, 0.05) is 10.6 Å². The summed E-state index contributed by atoms with van der Waals surface area (Å²) in [5.41, 5.74) is 5.97. The summed E-state index contributed by atoms with van der Waals surface area (Å²) in [7, 11) is 0. The first-order valence-electron chi connectivity index (χ1n) is 7.25. The van der Waals surface area contributed by atoms with Crippen LogP contribution in [-0.2, 0) is 4.79 Å². The third-order valence-electron chi connectivity index (χ3n) is 3.59. The predicted octanol–water partition coefficient (Wildman–Crippen LogP) is 4.22. The van der Waals surface area contributed by atoms with Crippen molar-refractivity contribution in [2.24, 2.45) is 11.1 Å². The molecule has 3 nitrogen and oxygen atoms in total. The SMILES string of the molecule is CCCC(CCC)(C(=O)Nc1cccc(SC)c1)C(N)=S. The molecule has 0 spiro atoms. The van der Waals surface area contributed by atoms with Crippen LogP contribution < -0.4 is 11.1 Å². The first-order valence-corrected chi connectivity index (χ1v) is 8.88. The van der Waals surface area contributed by atoms with Gasteiger partial charge in [0.2, 0.25) is 5.91 Å². The van der Waals surface area contributed by atoms with Crippen molar-refractivity contribution in [1.82, 2.24) is 0 Å². The number of thiocarbonyl (C=S) groups is 1. The maximum absolute atomic E-state index is 12.8. The number of hydrogen-bond donors (Lipinski definition) is 2. The first kappa shape index (κ1) is 18.0. The van der Waals surface area contributed by atoms with E-state index in [2.05, 4.69) is 5.32 Å². The van der Waals surface area contributed by atoms with Crippen molar-refractivity contribution in [1.29, 1.82) is 0 Å². The second kappa shape index (κ2) is 8.39. The standard InChI is InChI=1S/C16H24N2OS2/c1-4-9-16(10-5-2,14(17)20)15(19)18-12-7-6-8-13(11-12)21-3/h6-8,11H,4-5,9-10H2,1-3H3,(H2,17,20)(H,18,19). The fourth-order valence-electron chi connectivity index (χ4n) is 2.52. The fourth-order valence-corrected chi connectivity index (χ4v) is 3.27. The van der Waals surface area contributed by atoms with Gasteiger partial charge in [0.15, 0.2) is 0 Å². The summed E-state index contributed by atoms with van der Waals surface area (Å²) in [5.74, 6) is -0.0862. The molecule has 0 aromatic heterocycles. The minimum absolute atomic E-state index is 0.0862. The van der Waals surface area contributed by atoms with Gasteiger partial charge in [-0.05, 0) is 37.3 Å². The molecule has 0 bridgehead atoms. The molecule has 0 aliphatic heterocycles. The number of hydrogen-bond acceptors (Lipinski definition) is 3. The van der Waals surface area contributed by atoms with Gasteiger partial charge in [-0.25, -0.2) is 0 Å². The van der Waals surface area contributed by atoms with Crippen LogP contribution in [0.15, 0.2) is 29.2 Å². The molecule has 116 valence electrons. The minimum atomic E-state index is -0.742. The molecule has 0 atom stereocenters. The Kier molecular flexibility index (Phi) is 7.18. The second-order valence-corrected chi connectivity index (χ2v) is 6.45. The van der Waals surface area contributed by atoms with Crippen LogP contribution in [0.3, 0.4) is 0 Å². The fraction of sp³-hybridized carbons (Fsp3) is 0.500.